The van der Waals surface area contributed by atoms with E-state index in [0.717, 1.165) is 31.0 Å². The van der Waals surface area contributed by atoms with Crippen molar-refractivity contribution in [2.24, 2.45) is 5.92 Å². The molecule has 1 N–H and O–H groups in total. The molecule has 0 amide bonds. The lowest BCUT2D eigenvalue weighted by Gasteiger charge is -2.25. The van der Waals surface area contributed by atoms with Gasteiger partial charge in [-0.15, -0.1) is 0 Å². The van der Waals surface area contributed by atoms with Crippen LogP contribution in [0.25, 0.3) is 0 Å². The molecule has 2 rings (SSSR count). The lowest BCUT2D eigenvalue weighted by Crippen LogP contribution is -2.34. The Bertz CT molecular complexity index is 400. The number of nitrogens with zero attached hydrogens (tertiary/aromatic N) is 1. The lowest BCUT2D eigenvalue weighted by atomic mass is 9.98. The van der Waals surface area contributed by atoms with Gasteiger partial charge in [0.25, 0.3) is 0 Å². The van der Waals surface area contributed by atoms with E-state index in [2.05, 4.69) is 11.8 Å². The molecule has 3 nitrogen and oxygen atoms in total. The second-order valence-corrected chi connectivity index (χ2v) is 5.50. The highest BCUT2D eigenvalue weighted by atomic mass is 16.4. The van der Waals surface area contributed by atoms with E-state index in [1.165, 1.54) is 12.8 Å². The Morgan fingerprint density at radius 2 is 2.05 bits per heavy atom. The maximum Gasteiger partial charge on any atom is 0.312 e. The number of carboxylic acid groups (broad SMARTS) is 1. The minimum Gasteiger partial charge on any atom is -0.481 e. The molecule has 1 fully saturated rings. The largest absolute Gasteiger partial charge is 0.481 e. The van der Waals surface area contributed by atoms with Gasteiger partial charge in [-0.3, -0.25) is 4.79 Å². The van der Waals surface area contributed by atoms with E-state index in [-0.39, 0.29) is 0 Å². The Balaban J connectivity index is 2.03. The molecular weight excluding hydrogens is 238 g/mol. The highest BCUT2D eigenvalue weighted by molar-refractivity contribution is 5.76. The third-order valence-corrected chi connectivity index (χ3v) is 3.69. The van der Waals surface area contributed by atoms with Gasteiger partial charge in [-0.05, 0) is 37.3 Å². The van der Waals surface area contributed by atoms with Crippen molar-refractivity contribution in [2.75, 3.05) is 19.6 Å². The molecule has 104 valence electrons. The standard InChI is InChI=1S/C16H23NO2/c1-2-10-17(11-13-8-9-13)12-15(16(18)19)14-6-4-3-5-7-14/h3-7,13,15H,2,8-12H2,1H3,(H,18,19). The fraction of sp³-hybridized carbons (Fsp3) is 0.562. The van der Waals surface area contributed by atoms with Crippen molar-refractivity contribution >= 4 is 5.97 Å². The van der Waals surface area contributed by atoms with E-state index in [0.29, 0.717) is 6.54 Å². The first-order chi connectivity index (χ1) is 9.20. The van der Waals surface area contributed by atoms with Gasteiger partial charge in [0.2, 0.25) is 0 Å². The average Bonchev–Trinajstić information content (AvgIpc) is 3.20. The molecule has 0 heterocycles. The molecular formula is C16H23NO2. The van der Waals surface area contributed by atoms with Gasteiger partial charge in [0.1, 0.15) is 0 Å². The van der Waals surface area contributed by atoms with Crippen LogP contribution in [0.5, 0.6) is 0 Å². The summed E-state index contributed by atoms with van der Waals surface area (Å²) in [5.74, 6) is -0.327. The van der Waals surface area contributed by atoms with Gasteiger partial charge in [-0.1, -0.05) is 37.3 Å². The third-order valence-electron chi connectivity index (χ3n) is 3.69. The smallest absolute Gasteiger partial charge is 0.312 e. The van der Waals surface area contributed by atoms with Gasteiger partial charge in [0.05, 0.1) is 5.92 Å². The van der Waals surface area contributed by atoms with Crippen LogP contribution in [-0.4, -0.2) is 35.6 Å². The molecule has 1 aliphatic rings. The molecule has 0 aromatic heterocycles. The summed E-state index contributed by atoms with van der Waals surface area (Å²) in [5.41, 5.74) is 0.909. The van der Waals surface area contributed by atoms with E-state index >= 15 is 0 Å². The molecule has 1 aliphatic carbocycles. The highest BCUT2D eigenvalue weighted by Crippen LogP contribution is 2.30. The number of hydrogen-bond donors (Lipinski definition) is 1. The first kappa shape index (κ1) is 14.1. The Kier molecular flexibility index (Phi) is 4.97. The second kappa shape index (κ2) is 6.71. The van der Waals surface area contributed by atoms with Gasteiger partial charge in [0, 0.05) is 13.1 Å². The molecule has 1 saturated carbocycles. The Morgan fingerprint density at radius 1 is 1.37 bits per heavy atom. The van der Waals surface area contributed by atoms with Crippen LogP contribution in [0.2, 0.25) is 0 Å². The Labute approximate surface area is 115 Å². The first-order valence-corrected chi connectivity index (χ1v) is 7.20. The predicted octanol–water partition coefficient (Wildman–Crippen LogP) is 2.98. The molecule has 0 aliphatic heterocycles. The van der Waals surface area contributed by atoms with Gasteiger partial charge in [-0.25, -0.2) is 0 Å². The first-order valence-electron chi connectivity index (χ1n) is 7.20. The van der Waals surface area contributed by atoms with E-state index in [4.69, 9.17) is 0 Å². The highest BCUT2D eigenvalue weighted by Gasteiger charge is 2.27. The topological polar surface area (TPSA) is 40.5 Å². The monoisotopic (exact) mass is 261 g/mol. The van der Waals surface area contributed by atoms with Crippen molar-refractivity contribution in [1.29, 1.82) is 0 Å². The van der Waals surface area contributed by atoms with Crippen LogP contribution in [0.3, 0.4) is 0 Å². The summed E-state index contributed by atoms with van der Waals surface area (Å²) in [5, 5.41) is 9.47. The summed E-state index contributed by atoms with van der Waals surface area (Å²) in [7, 11) is 0. The second-order valence-electron chi connectivity index (χ2n) is 5.50. The fourth-order valence-corrected chi connectivity index (χ4v) is 2.51. The van der Waals surface area contributed by atoms with Crippen LogP contribution in [0.4, 0.5) is 0 Å². The molecule has 0 spiro atoms. The Hall–Kier alpha value is -1.35. The fourth-order valence-electron chi connectivity index (χ4n) is 2.51. The number of carbonyl (C=O) groups is 1. The van der Waals surface area contributed by atoms with Crippen molar-refractivity contribution in [3.8, 4) is 0 Å². The SMILES string of the molecule is CCCN(CC1CC1)CC(C(=O)O)c1ccccc1. The molecule has 0 bridgehead atoms. The summed E-state index contributed by atoms with van der Waals surface area (Å²) < 4.78 is 0. The van der Waals surface area contributed by atoms with Crippen LogP contribution in [0.15, 0.2) is 30.3 Å². The third kappa shape index (κ3) is 4.35. The summed E-state index contributed by atoms with van der Waals surface area (Å²) in [6.45, 7) is 4.83. The zero-order chi connectivity index (χ0) is 13.7. The van der Waals surface area contributed by atoms with Crippen molar-refractivity contribution in [3.05, 3.63) is 35.9 Å². The molecule has 1 unspecified atom stereocenters. The molecule has 19 heavy (non-hydrogen) atoms. The summed E-state index contributed by atoms with van der Waals surface area (Å²) in [4.78, 5) is 13.8. The average molecular weight is 261 g/mol. The number of aliphatic carboxylic acids is 1. The number of rotatable bonds is 8. The van der Waals surface area contributed by atoms with Crippen LogP contribution >= 0.6 is 0 Å². The van der Waals surface area contributed by atoms with E-state index in [1.807, 2.05) is 30.3 Å². The maximum atomic E-state index is 11.5. The maximum absolute atomic E-state index is 11.5. The summed E-state index contributed by atoms with van der Waals surface area (Å²) in [6.07, 6.45) is 3.69. The lowest BCUT2D eigenvalue weighted by molar-refractivity contribution is -0.139. The van der Waals surface area contributed by atoms with E-state index in [9.17, 15) is 9.90 Å². The minimum absolute atomic E-state index is 0.411. The van der Waals surface area contributed by atoms with Crippen LogP contribution in [0, 0.1) is 5.92 Å². The van der Waals surface area contributed by atoms with Gasteiger partial charge < -0.3 is 10.0 Å². The summed E-state index contributed by atoms with van der Waals surface area (Å²) >= 11 is 0. The zero-order valence-electron chi connectivity index (χ0n) is 11.6. The van der Waals surface area contributed by atoms with Crippen LogP contribution < -0.4 is 0 Å². The predicted molar refractivity (Wildman–Crippen MR) is 76.3 cm³/mol. The van der Waals surface area contributed by atoms with Crippen molar-refractivity contribution < 1.29 is 9.90 Å². The number of hydrogen-bond acceptors (Lipinski definition) is 2. The zero-order valence-corrected chi connectivity index (χ0v) is 11.6. The molecule has 0 saturated heterocycles. The quantitative estimate of drug-likeness (QED) is 0.782. The van der Waals surface area contributed by atoms with Crippen molar-refractivity contribution in [1.82, 2.24) is 4.90 Å². The molecule has 1 aromatic rings. The van der Waals surface area contributed by atoms with Crippen LogP contribution in [0.1, 0.15) is 37.7 Å². The number of benzene rings is 1. The van der Waals surface area contributed by atoms with Crippen molar-refractivity contribution in [2.45, 2.75) is 32.1 Å². The molecule has 1 aromatic carbocycles. The van der Waals surface area contributed by atoms with Gasteiger partial charge in [0.15, 0.2) is 0 Å². The van der Waals surface area contributed by atoms with Gasteiger partial charge in [-0.2, -0.15) is 0 Å². The molecule has 3 heteroatoms. The summed E-state index contributed by atoms with van der Waals surface area (Å²) in [6, 6.07) is 9.59. The number of carboxylic acids is 1. The minimum atomic E-state index is -0.719. The van der Waals surface area contributed by atoms with Crippen LogP contribution in [-0.2, 0) is 4.79 Å². The van der Waals surface area contributed by atoms with Crippen molar-refractivity contribution in [3.63, 3.8) is 0 Å². The normalized spacial score (nSPS) is 16.5. The molecule has 0 radical (unpaired) electrons. The van der Waals surface area contributed by atoms with Gasteiger partial charge >= 0.3 is 5.97 Å². The Morgan fingerprint density at radius 3 is 2.58 bits per heavy atom. The van der Waals surface area contributed by atoms with E-state index < -0.39 is 11.9 Å². The molecule has 1 atom stereocenters. The van der Waals surface area contributed by atoms with E-state index in [1.54, 1.807) is 0 Å².